The normalized spacial score (nSPS) is 11.3. The first-order valence-corrected chi connectivity index (χ1v) is 10.0. The fraction of sp³-hybridized carbons (Fsp3) is 0.318. The first-order valence-electron chi connectivity index (χ1n) is 9.22. The molecular weight excluding hydrogens is 359 g/mol. The third-order valence-corrected chi connectivity index (χ3v) is 5.35. The molecule has 1 aromatic heterocycles. The van der Waals surface area contributed by atoms with E-state index in [-0.39, 0.29) is 11.7 Å². The number of nitrogens with zero attached hydrogens (tertiary/aromatic N) is 2. The van der Waals surface area contributed by atoms with Crippen LogP contribution in [0.1, 0.15) is 43.8 Å². The van der Waals surface area contributed by atoms with Gasteiger partial charge in [-0.3, -0.25) is 0 Å². The molecule has 0 amide bonds. The van der Waals surface area contributed by atoms with Gasteiger partial charge < -0.3 is 9.30 Å². The Balaban J connectivity index is 1.82. The molecule has 0 aliphatic carbocycles. The third-order valence-electron chi connectivity index (χ3n) is 4.24. The van der Waals surface area contributed by atoms with Gasteiger partial charge in [-0.05, 0) is 36.6 Å². The Morgan fingerprint density at radius 3 is 2.52 bits per heavy atom. The number of hydrogen-bond donors (Lipinski definition) is 0. The van der Waals surface area contributed by atoms with Gasteiger partial charge in [0.15, 0.2) is 0 Å². The zero-order valence-electron chi connectivity index (χ0n) is 16.0. The standard InChI is InChI=1S/C22H25FN2OS/c1-4-25-20(15-26-14-17-9-6-5-7-10-17)24-21(16(2)3)22(25)27-19-12-8-11-18(23)13-19/h5-13,16H,4,14-15H2,1-3H3. The molecule has 3 rings (SSSR count). The smallest absolute Gasteiger partial charge is 0.136 e. The summed E-state index contributed by atoms with van der Waals surface area (Å²) in [5, 5.41) is 1.07. The summed E-state index contributed by atoms with van der Waals surface area (Å²) < 4.78 is 21.7. The number of imidazole rings is 1. The molecule has 0 bridgehead atoms. The summed E-state index contributed by atoms with van der Waals surface area (Å²) in [7, 11) is 0. The molecule has 0 saturated carbocycles. The van der Waals surface area contributed by atoms with Crippen LogP contribution >= 0.6 is 11.8 Å². The van der Waals surface area contributed by atoms with Crippen LogP contribution in [-0.4, -0.2) is 9.55 Å². The Bertz CT molecular complexity index is 877. The van der Waals surface area contributed by atoms with Crippen molar-refractivity contribution in [2.75, 3.05) is 0 Å². The Labute approximate surface area is 164 Å². The predicted molar refractivity (Wildman–Crippen MR) is 107 cm³/mol. The highest BCUT2D eigenvalue weighted by Crippen LogP contribution is 2.35. The highest BCUT2D eigenvalue weighted by atomic mass is 32.2. The molecule has 0 atom stereocenters. The molecule has 3 nitrogen and oxygen atoms in total. The van der Waals surface area contributed by atoms with Crippen LogP contribution in [-0.2, 0) is 24.5 Å². The van der Waals surface area contributed by atoms with Crippen molar-refractivity contribution in [1.29, 1.82) is 0 Å². The molecule has 0 saturated heterocycles. The number of hydrogen-bond acceptors (Lipinski definition) is 3. The second kappa shape index (κ2) is 9.20. The minimum Gasteiger partial charge on any atom is -0.369 e. The second-order valence-corrected chi connectivity index (χ2v) is 7.72. The van der Waals surface area contributed by atoms with Gasteiger partial charge in [-0.25, -0.2) is 9.37 Å². The minimum atomic E-state index is -0.222. The van der Waals surface area contributed by atoms with Crippen LogP contribution < -0.4 is 0 Å². The average Bonchev–Trinajstić information content (AvgIpc) is 3.00. The van der Waals surface area contributed by atoms with Crippen molar-refractivity contribution < 1.29 is 9.13 Å². The molecular formula is C22H25FN2OS. The van der Waals surface area contributed by atoms with Gasteiger partial charge in [0, 0.05) is 11.4 Å². The lowest BCUT2D eigenvalue weighted by Gasteiger charge is -2.11. The Kier molecular flexibility index (Phi) is 6.69. The third kappa shape index (κ3) is 4.99. The van der Waals surface area contributed by atoms with Crippen LogP contribution in [0.2, 0.25) is 0 Å². The number of aromatic nitrogens is 2. The number of rotatable bonds is 8. The van der Waals surface area contributed by atoms with Crippen LogP contribution in [0, 0.1) is 5.82 Å². The first-order chi connectivity index (χ1) is 13.1. The van der Waals surface area contributed by atoms with Crippen LogP contribution in [0.3, 0.4) is 0 Å². The molecule has 0 N–H and O–H groups in total. The van der Waals surface area contributed by atoms with Crippen molar-refractivity contribution in [3.05, 3.63) is 77.5 Å². The van der Waals surface area contributed by atoms with Crippen molar-refractivity contribution in [1.82, 2.24) is 9.55 Å². The quantitative estimate of drug-likeness (QED) is 0.474. The van der Waals surface area contributed by atoms with Gasteiger partial charge in [-0.15, -0.1) is 0 Å². The number of ether oxygens (including phenoxy) is 1. The fourth-order valence-electron chi connectivity index (χ4n) is 2.90. The van der Waals surface area contributed by atoms with Gasteiger partial charge in [0.05, 0.1) is 12.3 Å². The maximum absolute atomic E-state index is 13.6. The summed E-state index contributed by atoms with van der Waals surface area (Å²) in [6, 6.07) is 16.8. The van der Waals surface area contributed by atoms with E-state index in [0.29, 0.717) is 13.2 Å². The molecule has 0 unspecified atom stereocenters. The van der Waals surface area contributed by atoms with Gasteiger partial charge in [0.1, 0.15) is 23.3 Å². The van der Waals surface area contributed by atoms with E-state index in [1.165, 1.54) is 6.07 Å². The lowest BCUT2D eigenvalue weighted by Crippen LogP contribution is -2.05. The lowest BCUT2D eigenvalue weighted by atomic mass is 10.1. The molecule has 0 aliphatic heterocycles. The lowest BCUT2D eigenvalue weighted by molar-refractivity contribution is 0.0989. The average molecular weight is 385 g/mol. The monoisotopic (exact) mass is 384 g/mol. The zero-order valence-corrected chi connectivity index (χ0v) is 16.8. The van der Waals surface area contributed by atoms with Gasteiger partial charge in [0.2, 0.25) is 0 Å². The van der Waals surface area contributed by atoms with E-state index in [9.17, 15) is 4.39 Å². The van der Waals surface area contributed by atoms with E-state index in [1.807, 2.05) is 24.3 Å². The molecule has 0 fully saturated rings. The van der Waals surface area contributed by atoms with Crippen LogP contribution in [0.15, 0.2) is 64.5 Å². The molecule has 2 aromatic carbocycles. The zero-order chi connectivity index (χ0) is 19.2. The molecule has 1 heterocycles. The summed E-state index contributed by atoms with van der Waals surface area (Å²) in [5.74, 6) is 0.970. The van der Waals surface area contributed by atoms with Crippen LogP contribution in [0.25, 0.3) is 0 Å². The Morgan fingerprint density at radius 1 is 1.07 bits per heavy atom. The van der Waals surface area contributed by atoms with Crippen molar-refractivity contribution in [2.45, 2.75) is 56.4 Å². The summed E-state index contributed by atoms with van der Waals surface area (Å²) >= 11 is 1.56. The summed E-state index contributed by atoms with van der Waals surface area (Å²) in [5.41, 5.74) is 2.18. The molecule has 0 radical (unpaired) electrons. The second-order valence-electron chi connectivity index (χ2n) is 6.66. The van der Waals surface area contributed by atoms with Crippen LogP contribution in [0.4, 0.5) is 4.39 Å². The predicted octanol–water partition coefficient (Wildman–Crippen LogP) is 6.03. The Morgan fingerprint density at radius 2 is 1.85 bits per heavy atom. The van der Waals surface area contributed by atoms with Crippen molar-refractivity contribution in [3.63, 3.8) is 0 Å². The van der Waals surface area contributed by atoms with E-state index in [2.05, 4.69) is 37.5 Å². The largest absolute Gasteiger partial charge is 0.369 e. The van der Waals surface area contributed by atoms with Gasteiger partial charge in [-0.2, -0.15) is 0 Å². The topological polar surface area (TPSA) is 27.1 Å². The summed E-state index contributed by atoms with van der Waals surface area (Å²) in [4.78, 5) is 5.73. The molecule has 27 heavy (non-hydrogen) atoms. The number of halogens is 1. The highest BCUT2D eigenvalue weighted by Gasteiger charge is 2.20. The molecule has 0 aliphatic rings. The summed E-state index contributed by atoms with van der Waals surface area (Å²) in [6.45, 7) is 8.16. The van der Waals surface area contributed by atoms with Crippen molar-refractivity contribution in [2.24, 2.45) is 0 Å². The SMILES string of the molecule is CCn1c(COCc2ccccc2)nc(C(C)C)c1Sc1cccc(F)c1. The first kappa shape index (κ1) is 19.6. The number of benzene rings is 2. The fourth-order valence-corrected chi connectivity index (χ4v) is 4.17. The van der Waals surface area contributed by atoms with E-state index in [1.54, 1.807) is 23.9 Å². The van der Waals surface area contributed by atoms with E-state index in [4.69, 9.17) is 9.72 Å². The van der Waals surface area contributed by atoms with Gasteiger partial charge in [-0.1, -0.05) is 62.0 Å². The molecule has 0 spiro atoms. The van der Waals surface area contributed by atoms with E-state index in [0.717, 1.165) is 33.5 Å². The molecule has 142 valence electrons. The van der Waals surface area contributed by atoms with Gasteiger partial charge in [0.25, 0.3) is 0 Å². The maximum atomic E-state index is 13.6. The highest BCUT2D eigenvalue weighted by molar-refractivity contribution is 7.99. The Hall–Kier alpha value is -2.11. The maximum Gasteiger partial charge on any atom is 0.136 e. The summed E-state index contributed by atoms with van der Waals surface area (Å²) in [6.07, 6.45) is 0. The molecule has 5 heteroatoms. The van der Waals surface area contributed by atoms with Crippen LogP contribution in [0.5, 0.6) is 0 Å². The minimum absolute atomic E-state index is 0.222. The molecule has 3 aromatic rings. The van der Waals surface area contributed by atoms with Crippen molar-refractivity contribution >= 4 is 11.8 Å². The van der Waals surface area contributed by atoms with Gasteiger partial charge >= 0.3 is 0 Å². The van der Waals surface area contributed by atoms with E-state index >= 15 is 0 Å². The van der Waals surface area contributed by atoms with E-state index < -0.39 is 0 Å². The van der Waals surface area contributed by atoms with Crippen molar-refractivity contribution in [3.8, 4) is 0 Å².